The van der Waals surface area contributed by atoms with Crippen LogP contribution in [-0.4, -0.2) is 17.0 Å². The first-order chi connectivity index (χ1) is 16.5. The molecule has 1 aliphatic rings. The molecular formula is C25H16ClN3O5. The van der Waals surface area contributed by atoms with Crippen LogP contribution in [0, 0.1) is 10.1 Å². The monoisotopic (exact) mass is 473 g/mol. The lowest BCUT2D eigenvalue weighted by atomic mass is 9.87. The fourth-order valence-electron chi connectivity index (χ4n) is 3.80. The van der Waals surface area contributed by atoms with E-state index in [-0.39, 0.29) is 16.6 Å². The number of hydrazone groups is 1. The van der Waals surface area contributed by atoms with Crippen molar-refractivity contribution in [1.29, 1.82) is 0 Å². The highest BCUT2D eigenvalue weighted by molar-refractivity contribution is 6.33. The van der Waals surface area contributed by atoms with Crippen LogP contribution in [0.3, 0.4) is 0 Å². The normalized spacial score (nSPS) is 12.6. The summed E-state index contributed by atoms with van der Waals surface area (Å²) >= 11 is 6.17. The van der Waals surface area contributed by atoms with Crippen molar-refractivity contribution >= 4 is 29.4 Å². The van der Waals surface area contributed by atoms with Gasteiger partial charge in [-0.05, 0) is 30.3 Å². The summed E-state index contributed by atoms with van der Waals surface area (Å²) < 4.78 is 11.6. The number of ether oxygens (including phenoxy) is 1. The number of rotatable bonds is 5. The summed E-state index contributed by atoms with van der Waals surface area (Å²) in [6.45, 7) is 0. The minimum Gasteiger partial charge on any atom is -0.457 e. The molecule has 168 valence electrons. The van der Waals surface area contributed by atoms with Crippen LogP contribution in [0.1, 0.15) is 22.8 Å². The molecule has 1 aliphatic heterocycles. The van der Waals surface area contributed by atoms with E-state index >= 15 is 0 Å². The van der Waals surface area contributed by atoms with E-state index in [0.29, 0.717) is 28.6 Å². The van der Waals surface area contributed by atoms with Gasteiger partial charge in [0.1, 0.15) is 23.0 Å². The Morgan fingerprint density at radius 3 is 2.32 bits per heavy atom. The SMILES string of the molecule is O=C(N/N=C\c1ccc(-c2ccc([N+](=O)[O-])cc2Cl)o1)C1c2ccccc2Oc2ccccc21. The number of nitro groups is 1. The van der Waals surface area contributed by atoms with E-state index in [2.05, 4.69) is 10.5 Å². The summed E-state index contributed by atoms with van der Waals surface area (Å²) in [4.78, 5) is 23.5. The number of hydrogen-bond donors (Lipinski definition) is 1. The maximum atomic E-state index is 13.1. The topological polar surface area (TPSA) is 107 Å². The number of para-hydroxylation sites is 2. The average molecular weight is 474 g/mol. The number of amides is 1. The van der Waals surface area contributed by atoms with Crippen LogP contribution in [0.4, 0.5) is 5.69 Å². The minimum absolute atomic E-state index is 0.110. The maximum absolute atomic E-state index is 13.1. The zero-order chi connectivity index (χ0) is 23.7. The van der Waals surface area contributed by atoms with E-state index in [4.69, 9.17) is 20.8 Å². The highest BCUT2D eigenvalue weighted by Gasteiger charge is 2.32. The number of non-ortho nitro benzene ring substituents is 1. The van der Waals surface area contributed by atoms with E-state index in [0.717, 1.165) is 11.1 Å². The first-order valence-corrected chi connectivity index (χ1v) is 10.6. The van der Waals surface area contributed by atoms with Crippen LogP contribution in [0.2, 0.25) is 5.02 Å². The molecule has 0 atom stereocenters. The molecule has 0 unspecified atom stereocenters. The van der Waals surface area contributed by atoms with Gasteiger partial charge in [-0.2, -0.15) is 5.10 Å². The molecule has 8 nitrogen and oxygen atoms in total. The summed E-state index contributed by atoms with van der Waals surface area (Å²) in [5, 5.41) is 15.1. The molecule has 0 bridgehead atoms. The number of fused-ring (bicyclic) bond motifs is 2. The van der Waals surface area contributed by atoms with E-state index in [1.165, 1.54) is 24.4 Å². The lowest BCUT2D eigenvalue weighted by Gasteiger charge is -2.26. The molecule has 5 rings (SSSR count). The third-order valence-electron chi connectivity index (χ3n) is 5.36. The van der Waals surface area contributed by atoms with Gasteiger partial charge < -0.3 is 9.15 Å². The first-order valence-electron chi connectivity index (χ1n) is 10.2. The van der Waals surface area contributed by atoms with Gasteiger partial charge >= 0.3 is 0 Å². The van der Waals surface area contributed by atoms with Crippen LogP contribution in [-0.2, 0) is 4.79 Å². The molecule has 0 aliphatic carbocycles. The lowest BCUT2D eigenvalue weighted by molar-refractivity contribution is -0.384. The predicted molar refractivity (Wildman–Crippen MR) is 126 cm³/mol. The van der Waals surface area contributed by atoms with Gasteiger partial charge in [0.05, 0.1) is 22.1 Å². The Balaban J connectivity index is 1.34. The zero-order valence-electron chi connectivity index (χ0n) is 17.5. The Morgan fingerprint density at radius 1 is 1.00 bits per heavy atom. The fourth-order valence-corrected chi connectivity index (χ4v) is 4.07. The molecule has 2 heterocycles. The van der Waals surface area contributed by atoms with E-state index in [1.807, 2.05) is 48.5 Å². The smallest absolute Gasteiger partial charge is 0.270 e. The number of carbonyl (C=O) groups excluding carboxylic acids is 1. The van der Waals surface area contributed by atoms with Crippen molar-refractivity contribution in [1.82, 2.24) is 5.43 Å². The molecule has 0 saturated carbocycles. The van der Waals surface area contributed by atoms with Gasteiger partial charge in [-0.25, -0.2) is 5.43 Å². The third-order valence-corrected chi connectivity index (χ3v) is 5.68. The molecular weight excluding hydrogens is 458 g/mol. The zero-order valence-corrected chi connectivity index (χ0v) is 18.2. The van der Waals surface area contributed by atoms with E-state index in [9.17, 15) is 14.9 Å². The van der Waals surface area contributed by atoms with Crippen molar-refractivity contribution in [2.24, 2.45) is 5.10 Å². The summed E-state index contributed by atoms with van der Waals surface area (Å²) in [6.07, 6.45) is 1.37. The van der Waals surface area contributed by atoms with Crippen molar-refractivity contribution in [3.8, 4) is 22.8 Å². The summed E-state index contributed by atoms with van der Waals surface area (Å²) in [7, 11) is 0. The van der Waals surface area contributed by atoms with Crippen LogP contribution in [0.25, 0.3) is 11.3 Å². The van der Waals surface area contributed by atoms with Crippen molar-refractivity contribution in [2.75, 3.05) is 0 Å². The van der Waals surface area contributed by atoms with Gasteiger partial charge in [0.2, 0.25) is 0 Å². The number of nitrogens with one attached hydrogen (secondary N) is 1. The van der Waals surface area contributed by atoms with E-state index in [1.54, 1.807) is 12.1 Å². The van der Waals surface area contributed by atoms with Gasteiger partial charge in [-0.15, -0.1) is 0 Å². The van der Waals surface area contributed by atoms with Crippen molar-refractivity contribution < 1.29 is 18.9 Å². The number of furan rings is 1. The Kier molecular flexibility index (Phi) is 5.57. The van der Waals surface area contributed by atoms with Crippen LogP contribution in [0.15, 0.2) is 88.4 Å². The lowest BCUT2D eigenvalue weighted by Crippen LogP contribution is -2.28. The van der Waals surface area contributed by atoms with Crippen LogP contribution >= 0.6 is 11.6 Å². The molecule has 34 heavy (non-hydrogen) atoms. The average Bonchev–Trinajstić information content (AvgIpc) is 3.30. The van der Waals surface area contributed by atoms with Crippen molar-refractivity contribution in [2.45, 2.75) is 5.92 Å². The van der Waals surface area contributed by atoms with Gasteiger partial charge in [-0.3, -0.25) is 14.9 Å². The summed E-state index contributed by atoms with van der Waals surface area (Å²) in [5.74, 6) is 1.15. The molecule has 9 heteroatoms. The molecule has 1 amide bonds. The number of halogens is 1. The Hall–Kier alpha value is -4.43. The Morgan fingerprint density at radius 2 is 1.68 bits per heavy atom. The largest absolute Gasteiger partial charge is 0.457 e. The highest BCUT2D eigenvalue weighted by atomic mass is 35.5. The van der Waals surface area contributed by atoms with E-state index < -0.39 is 10.8 Å². The quantitative estimate of drug-likeness (QED) is 0.221. The second-order valence-corrected chi connectivity index (χ2v) is 7.88. The Labute approximate surface area is 198 Å². The fraction of sp³-hybridized carbons (Fsp3) is 0.0400. The molecule has 1 aromatic heterocycles. The van der Waals surface area contributed by atoms with Crippen molar-refractivity contribution in [3.05, 3.63) is 111 Å². The van der Waals surface area contributed by atoms with Gasteiger partial charge in [0.25, 0.3) is 11.6 Å². The molecule has 4 aromatic rings. The number of carbonyl (C=O) groups is 1. The van der Waals surface area contributed by atoms with Crippen LogP contribution in [0.5, 0.6) is 11.5 Å². The Bertz CT molecular complexity index is 1400. The number of nitrogens with zero attached hydrogens (tertiary/aromatic N) is 2. The minimum atomic E-state index is -0.579. The number of benzene rings is 3. The highest BCUT2D eigenvalue weighted by Crippen LogP contribution is 2.43. The summed E-state index contributed by atoms with van der Waals surface area (Å²) in [6, 6.07) is 22.2. The second kappa shape index (κ2) is 8.84. The van der Waals surface area contributed by atoms with Crippen molar-refractivity contribution in [3.63, 3.8) is 0 Å². The molecule has 0 radical (unpaired) electrons. The first kappa shape index (κ1) is 21.4. The number of nitro benzene ring substituents is 1. The molecule has 1 N–H and O–H groups in total. The van der Waals surface area contributed by atoms with Crippen LogP contribution < -0.4 is 10.2 Å². The van der Waals surface area contributed by atoms with Gasteiger partial charge in [-0.1, -0.05) is 48.0 Å². The van der Waals surface area contributed by atoms with Gasteiger partial charge in [0.15, 0.2) is 0 Å². The molecule has 0 spiro atoms. The number of hydrogen-bond acceptors (Lipinski definition) is 6. The predicted octanol–water partition coefficient (Wildman–Crippen LogP) is 5.90. The summed E-state index contributed by atoms with van der Waals surface area (Å²) in [5.41, 5.74) is 4.48. The third kappa shape index (κ3) is 4.02. The standard InChI is InChI=1S/C25H16ClN3O5/c26-20-13-15(29(31)32)9-11-17(20)23-12-10-16(33-23)14-27-28-25(30)24-18-5-1-3-7-21(18)34-22-8-4-2-6-19(22)24/h1-14,24H,(H,28,30)/b27-14-. The second-order valence-electron chi connectivity index (χ2n) is 7.47. The van der Waals surface area contributed by atoms with Gasteiger partial charge in [0, 0.05) is 28.8 Å². The molecule has 0 fully saturated rings. The molecule has 0 saturated heterocycles. The maximum Gasteiger partial charge on any atom is 0.270 e. The molecule has 3 aromatic carbocycles.